The first-order valence-corrected chi connectivity index (χ1v) is 15.0. The van der Waals surface area contributed by atoms with E-state index in [4.69, 9.17) is 9.47 Å². The largest absolute Gasteiger partial charge is 0.394 e. The third-order valence-corrected chi connectivity index (χ3v) is 9.06. The van der Waals surface area contributed by atoms with Gasteiger partial charge < -0.3 is 50.7 Å². The Labute approximate surface area is 262 Å². The molecule has 2 aliphatic rings. The lowest BCUT2D eigenvalue weighted by Crippen LogP contribution is -2.66. The first-order valence-electron chi connectivity index (χ1n) is 14.1. The molecular formula is C30H36N2O12S. The van der Waals surface area contributed by atoms with Crippen molar-refractivity contribution in [1.29, 1.82) is 0 Å². The summed E-state index contributed by atoms with van der Waals surface area (Å²) >= 11 is 0.697. The van der Waals surface area contributed by atoms with Crippen LogP contribution in [0.5, 0.6) is 0 Å². The first kappa shape index (κ1) is 34.6. The molecule has 2 amide bonds. The Balaban J connectivity index is 1.50. The topological polar surface area (TPSA) is 232 Å². The van der Waals surface area contributed by atoms with E-state index in [9.17, 15) is 49.8 Å². The number of ether oxygens (including phenoxy) is 2. The summed E-state index contributed by atoms with van der Waals surface area (Å²) in [5.41, 5.74) is -1.60. The number of benzene rings is 2. The molecule has 2 aliphatic heterocycles. The van der Waals surface area contributed by atoms with Gasteiger partial charge in [-0.05, 0) is 38.1 Å². The predicted octanol–water partition coefficient (Wildman–Crippen LogP) is -1.40. The number of hydrogen-bond donors (Lipinski definition) is 8. The van der Waals surface area contributed by atoms with Crippen LogP contribution in [-0.2, 0) is 9.47 Å². The molecule has 0 bridgehead atoms. The van der Waals surface area contributed by atoms with Gasteiger partial charge in [0, 0.05) is 22.3 Å². The number of carbonyl (C=O) groups is 4. The standard InChI is InChI=1S/C30H36N2O12S/c1-13(35)15-3-7-17(8-4-15)27(41)31-21-23(37)19(11-33)43-29(25(21)39)45-30-26(40)22(24(38)20(12-34)44-30)32-28(42)18-9-5-16(6-10-18)14(2)36/h3-10,19-26,29-30,33-34,37-40H,11-12H2,1-2H3,(H,31,41)(H,32,42)/t19-,20-,21+,22+,23+,24+,25-,26-,29+,30+/m1/s1. The second-order valence-corrected chi connectivity index (χ2v) is 12.0. The first-order chi connectivity index (χ1) is 21.4. The molecule has 15 heteroatoms. The Morgan fingerprint density at radius 2 is 0.911 bits per heavy atom. The van der Waals surface area contributed by atoms with E-state index in [1.165, 1.54) is 62.4 Å². The van der Waals surface area contributed by atoms with E-state index >= 15 is 0 Å². The fourth-order valence-electron chi connectivity index (χ4n) is 5.05. The number of rotatable bonds is 10. The predicted molar refractivity (Wildman–Crippen MR) is 159 cm³/mol. The van der Waals surface area contributed by atoms with Gasteiger partial charge in [-0.1, -0.05) is 36.0 Å². The maximum atomic E-state index is 13.0. The summed E-state index contributed by atoms with van der Waals surface area (Å²) in [5.74, 6) is -1.77. The van der Waals surface area contributed by atoms with Crippen LogP contribution in [0.4, 0.5) is 0 Å². The van der Waals surface area contributed by atoms with Gasteiger partial charge in [0.15, 0.2) is 11.6 Å². The molecule has 2 fully saturated rings. The average Bonchev–Trinajstić information content (AvgIpc) is 3.03. The minimum Gasteiger partial charge on any atom is -0.394 e. The molecule has 244 valence electrons. The van der Waals surface area contributed by atoms with Crippen LogP contribution < -0.4 is 10.6 Å². The quantitative estimate of drug-likeness (QED) is 0.139. The summed E-state index contributed by atoms with van der Waals surface area (Å²) in [6.07, 6.45) is -8.87. The number of thioether (sulfide) groups is 1. The molecule has 0 unspecified atom stereocenters. The summed E-state index contributed by atoms with van der Waals surface area (Å²) in [7, 11) is 0. The zero-order valence-corrected chi connectivity index (χ0v) is 25.2. The van der Waals surface area contributed by atoms with Gasteiger partial charge >= 0.3 is 0 Å². The molecule has 0 spiro atoms. The zero-order valence-electron chi connectivity index (χ0n) is 24.3. The lowest BCUT2D eigenvalue weighted by molar-refractivity contribution is -0.175. The summed E-state index contributed by atoms with van der Waals surface area (Å²) < 4.78 is 11.4. The fourth-order valence-corrected chi connectivity index (χ4v) is 6.39. The molecule has 8 N–H and O–H groups in total. The Morgan fingerprint density at radius 1 is 0.600 bits per heavy atom. The molecule has 0 aromatic heterocycles. The highest BCUT2D eigenvalue weighted by atomic mass is 32.2. The van der Waals surface area contributed by atoms with E-state index in [1.807, 2.05) is 0 Å². The lowest BCUT2D eigenvalue weighted by atomic mass is 9.96. The molecule has 45 heavy (non-hydrogen) atoms. The molecule has 2 heterocycles. The van der Waals surface area contributed by atoms with Crippen LogP contribution in [0.3, 0.4) is 0 Å². The second kappa shape index (κ2) is 14.9. The van der Waals surface area contributed by atoms with Gasteiger partial charge in [-0.15, -0.1) is 0 Å². The van der Waals surface area contributed by atoms with Gasteiger partial charge in [0.2, 0.25) is 0 Å². The average molecular weight is 649 g/mol. The summed E-state index contributed by atoms with van der Waals surface area (Å²) in [6.45, 7) is 1.35. The molecule has 0 aliphatic carbocycles. The van der Waals surface area contributed by atoms with Gasteiger partial charge in [0.05, 0.1) is 25.3 Å². The van der Waals surface area contributed by atoms with E-state index in [1.54, 1.807) is 0 Å². The Morgan fingerprint density at radius 3 is 1.20 bits per heavy atom. The summed E-state index contributed by atoms with van der Waals surface area (Å²) in [5, 5.41) is 68.6. The summed E-state index contributed by atoms with van der Waals surface area (Å²) in [6, 6.07) is 8.69. The van der Waals surface area contributed by atoms with E-state index in [0.717, 1.165) is 0 Å². The molecular weight excluding hydrogens is 612 g/mol. The minimum absolute atomic E-state index is 0.135. The fraction of sp³-hybridized carbons (Fsp3) is 0.467. The normalized spacial score (nSPS) is 31.6. The van der Waals surface area contributed by atoms with Gasteiger partial charge in [-0.25, -0.2) is 0 Å². The van der Waals surface area contributed by atoms with E-state index in [0.29, 0.717) is 22.9 Å². The van der Waals surface area contributed by atoms with Crippen LogP contribution in [0, 0.1) is 0 Å². The number of hydrogen-bond acceptors (Lipinski definition) is 13. The molecule has 0 radical (unpaired) electrons. The molecule has 2 aromatic rings. The van der Waals surface area contributed by atoms with Crippen molar-refractivity contribution in [2.75, 3.05) is 13.2 Å². The van der Waals surface area contributed by atoms with Crippen molar-refractivity contribution < 1.29 is 59.3 Å². The van der Waals surface area contributed by atoms with Crippen LogP contribution in [0.1, 0.15) is 55.3 Å². The van der Waals surface area contributed by atoms with E-state index in [2.05, 4.69) is 10.6 Å². The van der Waals surface area contributed by atoms with Crippen molar-refractivity contribution in [2.24, 2.45) is 0 Å². The summed E-state index contributed by atoms with van der Waals surface area (Å²) in [4.78, 5) is 49.0. The number of aliphatic hydroxyl groups is 6. The van der Waals surface area contributed by atoms with Crippen LogP contribution in [0.25, 0.3) is 0 Å². The smallest absolute Gasteiger partial charge is 0.251 e. The SMILES string of the molecule is CC(=O)c1ccc(C(=O)N[C@H]2[C@@H](O)[C@@H](CO)O[C@@H](S[C@@H]3O[C@H](CO)[C@H](O)[C@H](NC(=O)c4ccc(C(C)=O)cc4)[C@H]3O)[C@@H]2O)cc1. The lowest BCUT2D eigenvalue weighted by Gasteiger charge is -2.46. The minimum atomic E-state index is -1.61. The highest BCUT2D eigenvalue weighted by Crippen LogP contribution is 2.37. The molecule has 2 saturated heterocycles. The van der Waals surface area contributed by atoms with Crippen LogP contribution in [0.15, 0.2) is 48.5 Å². The Hall–Kier alpha value is -3.25. The molecule has 10 atom stereocenters. The second-order valence-electron chi connectivity index (χ2n) is 10.8. The molecule has 0 saturated carbocycles. The van der Waals surface area contributed by atoms with Gasteiger partial charge in [-0.2, -0.15) is 0 Å². The number of Topliss-reactive ketones (excluding diaryl/α,β-unsaturated/α-hetero) is 2. The Bertz CT molecular complexity index is 1270. The molecule has 4 rings (SSSR count). The van der Waals surface area contributed by atoms with Gasteiger partial charge in [-0.3, -0.25) is 19.2 Å². The van der Waals surface area contributed by atoms with Gasteiger partial charge in [0.1, 0.15) is 47.5 Å². The highest BCUT2D eigenvalue weighted by molar-refractivity contribution is 8.00. The number of nitrogens with one attached hydrogen (secondary N) is 2. The van der Waals surface area contributed by atoms with Gasteiger partial charge in [0.25, 0.3) is 11.8 Å². The third-order valence-electron chi connectivity index (χ3n) is 7.74. The van der Waals surface area contributed by atoms with Crippen molar-refractivity contribution in [3.05, 3.63) is 70.8 Å². The number of amides is 2. The zero-order chi connectivity index (χ0) is 33.0. The molecule has 14 nitrogen and oxygen atoms in total. The maximum Gasteiger partial charge on any atom is 0.251 e. The van der Waals surface area contributed by atoms with Crippen molar-refractivity contribution >= 4 is 35.1 Å². The number of aliphatic hydroxyl groups excluding tert-OH is 6. The van der Waals surface area contributed by atoms with Crippen molar-refractivity contribution in [3.8, 4) is 0 Å². The van der Waals surface area contributed by atoms with Crippen LogP contribution >= 0.6 is 11.8 Å². The van der Waals surface area contributed by atoms with Crippen LogP contribution in [0.2, 0.25) is 0 Å². The van der Waals surface area contributed by atoms with Crippen LogP contribution in [-0.4, -0.2) is 127 Å². The van der Waals surface area contributed by atoms with Crippen molar-refractivity contribution in [3.63, 3.8) is 0 Å². The van der Waals surface area contributed by atoms with Crippen molar-refractivity contribution in [2.45, 2.75) is 73.4 Å². The van der Waals surface area contributed by atoms with Crippen molar-refractivity contribution in [1.82, 2.24) is 10.6 Å². The highest BCUT2D eigenvalue weighted by Gasteiger charge is 2.50. The van der Waals surface area contributed by atoms with E-state index in [-0.39, 0.29) is 22.7 Å². The third kappa shape index (κ3) is 7.77. The number of carbonyl (C=O) groups excluding carboxylic acids is 4. The Kier molecular flexibility index (Phi) is 11.5. The maximum absolute atomic E-state index is 13.0. The molecule has 2 aromatic carbocycles. The van der Waals surface area contributed by atoms with E-state index < -0.39 is 84.6 Å². The monoisotopic (exact) mass is 648 g/mol. The number of ketones is 2.